The highest BCUT2D eigenvalue weighted by molar-refractivity contribution is 5.83. The number of hydrogen-bond donors (Lipinski definition) is 1. The number of ether oxygens (including phenoxy) is 1. The van der Waals surface area contributed by atoms with Crippen LogP contribution in [0.5, 0.6) is 5.75 Å². The van der Waals surface area contributed by atoms with Crippen LogP contribution in [-0.4, -0.2) is 45.7 Å². The standard InChI is InChI=1S/C27H31N5O2/c1-5-32(6-2)15-16-34-22-13-11-21(12-14-22)29-27-28-18-20-17-24(23-10-8-7-9-19(23)3)31(4)26(33)25(20)30-27/h7-14,17-18H,5-6,15-16H2,1-4H3,(H,28,29,30). The Bertz CT molecular complexity index is 1330. The van der Waals surface area contributed by atoms with Gasteiger partial charge in [0.15, 0.2) is 0 Å². The molecule has 2 heterocycles. The van der Waals surface area contributed by atoms with Crippen LogP contribution in [0.25, 0.3) is 22.2 Å². The number of hydrogen-bond acceptors (Lipinski definition) is 6. The minimum Gasteiger partial charge on any atom is -0.492 e. The van der Waals surface area contributed by atoms with Crippen molar-refractivity contribution < 1.29 is 4.74 Å². The Hall–Kier alpha value is -3.71. The maximum Gasteiger partial charge on any atom is 0.277 e. The first-order valence-corrected chi connectivity index (χ1v) is 11.6. The number of benzene rings is 2. The Kier molecular flexibility index (Phi) is 7.23. The van der Waals surface area contributed by atoms with Crippen molar-refractivity contribution in [2.75, 3.05) is 31.6 Å². The van der Waals surface area contributed by atoms with Gasteiger partial charge in [-0.15, -0.1) is 0 Å². The maximum atomic E-state index is 13.1. The normalized spacial score (nSPS) is 11.2. The molecule has 0 aliphatic rings. The molecule has 0 saturated heterocycles. The van der Waals surface area contributed by atoms with Gasteiger partial charge in [0, 0.05) is 36.4 Å². The predicted molar refractivity (Wildman–Crippen MR) is 138 cm³/mol. The van der Waals surface area contributed by atoms with E-state index in [1.807, 2.05) is 61.5 Å². The maximum absolute atomic E-state index is 13.1. The average Bonchev–Trinajstić information content (AvgIpc) is 2.86. The summed E-state index contributed by atoms with van der Waals surface area (Å²) in [7, 11) is 1.78. The van der Waals surface area contributed by atoms with Crippen LogP contribution >= 0.6 is 0 Å². The molecule has 0 aliphatic carbocycles. The van der Waals surface area contributed by atoms with Gasteiger partial charge in [-0.05, 0) is 55.9 Å². The van der Waals surface area contributed by atoms with Gasteiger partial charge in [0.2, 0.25) is 5.95 Å². The molecular weight excluding hydrogens is 426 g/mol. The molecule has 0 bridgehead atoms. The zero-order valence-electron chi connectivity index (χ0n) is 20.2. The monoisotopic (exact) mass is 457 g/mol. The van der Waals surface area contributed by atoms with Gasteiger partial charge < -0.3 is 19.5 Å². The molecule has 0 saturated carbocycles. The van der Waals surface area contributed by atoms with Crippen molar-refractivity contribution in [1.82, 2.24) is 19.4 Å². The minimum absolute atomic E-state index is 0.154. The lowest BCUT2D eigenvalue weighted by Crippen LogP contribution is -2.27. The zero-order chi connectivity index (χ0) is 24.1. The molecule has 4 aromatic rings. The van der Waals surface area contributed by atoms with E-state index in [9.17, 15) is 4.79 Å². The topological polar surface area (TPSA) is 72.3 Å². The number of nitrogens with zero attached hydrogens (tertiary/aromatic N) is 4. The summed E-state index contributed by atoms with van der Waals surface area (Å²) in [6, 6.07) is 17.6. The van der Waals surface area contributed by atoms with E-state index in [1.165, 1.54) is 0 Å². The van der Waals surface area contributed by atoms with E-state index in [1.54, 1.807) is 17.8 Å². The Morgan fingerprint density at radius 2 is 1.79 bits per heavy atom. The molecule has 7 nitrogen and oxygen atoms in total. The highest BCUT2D eigenvalue weighted by Crippen LogP contribution is 2.25. The molecule has 176 valence electrons. The molecule has 0 spiro atoms. The number of aryl methyl sites for hydroxylation is 1. The van der Waals surface area contributed by atoms with Gasteiger partial charge in [-0.25, -0.2) is 9.97 Å². The summed E-state index contributed by atoms with van der Waals surface area (Å²) in [6.07, 6.45) is 1.69. The van der Waals surface area contributed by atoms with E-state index >= 15 is 0 Å². The fourth-order valence-electron chi connectivity index (χ4n) is 3.96. The molecule has 1 N–H and O–H groups in total. The van der Waals surface area contributed by atoms with Gasteiger partial charge >= 0.3 is 0 Å². The Morgan fingerprint density at radius 3 is 2.50 bits per heavy atom. The third-order valence-electron chi connectivity index (χ3n) is 6.08. The third-order valence-corrected chi connectivity index (χ3v) is 6.08. The van der Waals surface area contributed by atoms with Crippen molar-refractivity contribution in [2.45, 2.75) is 20.8 Å². The average molecular weight is 458 g/mol. The molecule has 0 atom stereocenters. The molecule has 2 aromatic carbocycles. The molecule has 2 aromatic heterocycles. The quantitative estimate of drug-likeness (QED) is 0.390. The first-order valence-electron chi connectivity index (χ1n) is 11.6. The lowest BCUT2D eigenvalue weighted by atomic mass is 10.0. The van der Waals surface area contributed by atoms with Crippen LogP contribution in [0.15, 0.2) is 65.6 Å². The lowest BCUT2D eigenvalue weighted by molar-refractivity contribution is 0.223. The van der Waals surface area contributed by atoms with Crippen molar-refractivity contribution in [1.29, 1.82) is 0 Å². The van der Waals surface area contributed by atoms with E-state index in [0.29, 0.717) is 23.5 Å². The van der Waals surface area contributed by atoms with Crippen LogP contribution < -0.4 is 15.6 Å². The van der Waals surface area contributed by atoms with Crippen molar-refractivity contribution in [3.05, 3.63) is 76.7 Å². The number of rotatable bonds is 9. The fraction of sp³-hybridized carbons (Fsp3) is 0.296. The second kappa shape index (κ2) is 10.5. The molecule has 0 radical (unpaired) electrons. The molecule has 0 aliphatic heterocycles. The van der Waals surface area contributed by atoms with Gasteiger partial charge in [0.25, 0.3) is 5.56 Å². The number of likely N-dealkylation sites (N-methyl/N-ethyl adjacent to an activating group) is 1. The van der Waals surface area contributed by atoms with Gasteiger partial charge in [-0.1, -0.05) is 38.1 Å². The summed E-state index contributed by atoms with van der Waals surface area (Å²) in [5.74, 6) is 1.19. The zero-order valence-corrected chi connectivity index (χ0v) is 20.2. The molecule has 0 unspecified atom stereocenters. The second-order valence-corrected chi connectivity index (χ2v) is 8.23. The number of fused-ring (bicyclic) bond motifs is 1. The van der Waals surface area contributed by atoms with E-state index in [-0.39, 0.29) is 5.56 Å². The van der Waals surface area contributed by atoms with Crippen LogP contribution in [-0.2, 0) is 7.05 Å². The predicted octanol–water partition coefficient (Wildman–Crippen LogP) is 4.77. The SMILES string of the molecule is CCN(CC)CCOc1ccc(Nc2ncc3cc(-c4ccccc4C)n(C)c(=O)c3n2)cc1. The Morgan fingerprint density at radius 1 is 1.06 bits per heavy atom. The Balaban J connectivity index is 1.51. The summed E-state index contributed by atoms with van der Waals surface area (Å²) >= 11 is 0. The molecule has 34 heavy (non-hydrogen) atoms. The first kappa shape index (κ1) is 23.4. The van der Waals surface area contributed by atoms with Crippen molar-refractivity contribution in [2.24, 2.45) is 7.05 Å². The van der Waals surface area contributed by atoms with E-state index < -0.39 is 0 Å². The number of aromatic nitrogens is 3. The van der Waals surface area contributed by atoms with Gasteiger partial charge in [-0.2, -0.15) is 0 Å². The van der Waals surface area contributed by atoms with E-state index in [4.69, 9.17) is 4.74 Å². The number of pyridine rings is 1. The first-order chi connectivity index (χ1) is 16.5. The molecular formula is C27H31N5O2. The summed E-state index contributed by atoms with van der Waals surface area (Å²) in [4.78, 5) is 24.4. The van der Waals surface area contributed by atoms with Gasteiger partial charge in [0.1, 0.15) is 17.9 Å². The smallest absolute Gasteiger partial charge is 0.277 e. The Labute approximate surface area is 200 Å². The highest BCUT2D eigenvalue weighted by Gasteiger charge is 2.12. The minimum atomic E-state index is -0.154. The summed E-state index contributed by atoms with van der Waals surface area (Å²) in [5, 5.41) is 3.90. The van der Waals surface area contributed by atoms with E-state index in [2.05, 4.69) is 34.0 Å². The van der Waals surface area contributed by atoms with Crippen LogP contribution in [0, 0.1) is 6.92 Å². The number of nitrogens with one attached hydrogen (secondary N) is 1. The van der Waals surface area contributed by atoms with Gasteiger partial charge in [-0.3, -0.25) is 4.79 Å². The van der Waals surface area contributed by atoms with E-state index in [0.717, 1.165) is 47.9 Å². The molecule has 0 fully saturated rings. The third kappa shape index (κ3) is 5.10. The summed E-state index contributed by atoms with van der Waals surface area (Å²) in [5.41, 5.74) is 4.02. The molecule has 0 amide bonds. The van der Waals surface area contributed by atoms with Crippen molar-refractivity contribution in [3.63, 3.8) is 0 Å². The summed E-state index contributed by atoms with van der Waals surface area (Å²) in [6.45, 7) is 9.93. The summed E-state index contributed by atoms with van der Waals surface area (Å²) < 4.78 is 7.49. The lowest BCUT2D eigenvalue weighted by Gasteiger charge is -2.18. The fourth-order valence-corrected chi connectivity index (χ4v) is 3.96. The van der Waals surface area contributed by atoms with Crippen LogP contribution in [0.4, 0.5) is 11.6 Å². The van der Waals surface area contributed by atoms with Crippen molar-refractivity contribution >= 4 is 22.5 Å². The molecule has 7 heteroatoms. The van der Waals surface area contributed by atoms with Crippen LogP contribution in [0.3, 0.4) is 0 Å². The largest absolute Gasteiger partial charge is 0.492 e. The van der Waals surface area contributed by atoms with Crippen LogP contribution in [0.1, 0.15) is 19.4 Å². The number of anilines is 2. The highest BCUT2D eigenvalue weighted by atomic mass is 16.5. The molecule has 4 rings (SSSR count). The van der Waals surface area contributed by atoms with Crippen molar-refractivity contribution in [3.8, 4) is 17.0 Å². The van der Waals surface area contributed by atoms with Gasteiger partial charge in [0.05, 0.1) is 5.69 Å². The second-order valence-electron chi connectivity index (χ2n) is 8.23. The van der Waals surface area contributed by atoms with Crippen LogP contribution in [0.2, 0.25) is 0 Å².